The van der Waals surface area contributed by atoms with Crippen LogP contribution in [0.2, 0.25) is 0 Å². The van der Waals surface area contributed by atoms with E-state index in [0.29, 0.717) is 0 Å². The van der Waals surface area contributed by atoms with Crippen LogP contribution in [0.15, 0.2) is 53.4 Å². The van der Waals surface area contributed by atoms with E-state index in [1.807, 2.05) is 18.3 Å². The molecule has 3 rings (SSSR count). The Labute approximate surface area is 120 Å². The maximum absolute atomic E-state index is 5.24. The van der Waals surface area contributed by atoms with Crippen LogP contribution in [0, 0.1) is 0 Å². The number of fused-ring (bicyclic) bond motifs is 1. The molecule has 0 fully saturated rings. The molecule has 0 unspecified atom stereocenters. The lowest BCUT2D eigenvalue weighted by atomic mass is 10.2. The molecule has 0 radical (unpaired) electrons. The number of rotatable bonds is 3. The van der Waals surface area contributed by atoms with Gasteiger partial charge in [-0.05, 0) is 51.8 Å². The van der Waals surface area contributed by atoms with Crippen molar-refractivity contribution in [1.82, 2.24) is 9.55 Å². The zero-order valence-corrected chi connectivity index (χ0v) is 12.1. The normalized spacial score (nSPS) is 10.8. The Bertz CT molecular complexity index is 721. The topological polar surface area (TPSA) is 27.1 Å². The zero-order chi connectivity index (χ0) is 13.2. The molecule has 0 aliphatic carbocycles. The van der Waals surface area contributed by atoms with E-state index in [4.69, 9.17) is 4.74 Å². The first kappa shape index (κ1) is 12.2. The van der Waals surface area contributed by atoms with E-state index in [-0.39, 0.29) is 0 Å². The van der Waals surface area contributed by atoms with Gasteiger partial charge in [0, 0.05) is 40.5 Å². The molecule has 0 amide bonds. The van der Waals surface area contributed by atoms with E-state index in [1.165, 1.54) is 16.5 Å². The Morgan fingerprint density at radius 1 is 1.21 bits per heavy atom. The lowest BCUT2D eigenvalue weighted by Gasteiger charge is -2.06. The van der Waals surface area contributed by atoms with Crippen LogP contribution in [0.4, 0.5) is 0 Å². The number of pyridine rings is 1. The highest BCUT2D eigenvalue weighted by Gasteiger charge is 2.04. The van der Waals surface area contributed by atoms with Crippen molar-refractivity contribution in [1.29, 1.82) is 0 Å². The van der Waals surface area contributed by atoms with E-state index in [2.05, 4.69) is 49.9 Å². The lowest BCUT2D eigenvalue weighted by molar-refractivity contribution is 0.415. The summed E-state index contributed by atoms with van der Waals surface area (Å²) in [7, 11) is 1.69. The SMILES string of the molecule is COc1ccc2c(ccn2Cc2cncc(Br)c2)c1. The highest BCUT2D eigenvalue weighted by molar-refractivity contribution is 9.10. The predicted octanol–water partition coefficient (Wildman–Crippen LogP) is 3.86. The summed E-state index contributed by atoms with van der Waals surface area (Å²) in [5.41, 5.74) is 2.36. The van der Waals surface area contributed by atoms with Gasteiger partial charge in [-0.1, -0.05) is 0 Å². The highest BCUT2D eigenvalue weighted by atomic mass is 79.9. The minimum absolute atomic E-state index is 0.808. The number of methoxy groups -OCH3 is 1. The van der Waals surface area contributed by atoms with Gasteiger partial charge in [0.25, 0.3) is 0 Å². The summed E-state index contributed by atoms with van der Waals surface area (Å²) < 4.78 is 8.45. The molecule has 3 nitrogen and oxygen atoms in total. The van der Waals surface area contributed by atoms with E-state index in [0.717, 1.165) is 16.8 Å². The summed E-state index contributed by atoms with van der Waals surface area (Å²) in [4.78, 5) is 4.19. The van der Waals surface area contributed by atoms with Gasteiger partial charge in [0.2, 0.25) is 0 Å². The summed E-state index contributed by atoms with van der Waals surface area (Å²) in [5, 5.41) is 1.18. The van der Waals surface area contributed by atoms with Gasteiger partial charge < -0.3 is 9.30 Å². The molecule has 0 aliphatic heterocycles. The molecular formula is C15H13BrN2O. The number of ether oxygens (including phenoxy) is 1. The van der Waals surface area contributed by atoms with Gasteiger partial charge in [-0.3, -0.25) is 4.98 Å². The average Bonchev–Trinajstić information content (AvgIpc) is 2.81. The zero-order valence-electron chi connectivity index (χ0n) is 10.5. The number of halogens is 1. The fourth-order valence-electron chi connectivity index (χ4n) is 2.18. The second kappa shape index (κ2) is 5.05. The number of aromatic nitrogens is 2. The second-order valence-corrected chi connectivity index (χ2v) is 5.30. The first-order chi connectivity index (χ1) is 9.26. The molecule has 0 saturated heterocycles. The number of hydrogen-bond acceptors (Lipinski definition) is 2. The molecular weight excluding hydrogens is 304 g/mol. The standard InChI is InChI=1S/C15H13BrN2O/c1-19-14-2-3-15-12(7-14)4-5-18(15)10-11-6-13(16)9-17-8-11/h2-9H,10H2,1H3. The van der Waals surface area contributed by atoms with Crippen LogP contribution in [0.3, 0.4) is 0 Å². The van der Waals surface area contributed by atoms with Gasteiger partial charge in [-0.15, -0.1) is 0 Å². The molecule has 4 heteroatoms. The maximum atomic E-state index is 5.24. The van der Waals surface area contributed by atoms with Crippen molar-refractivity contribution in [3.05, 3.63) is 59.0 Å². The third-order valence-electron chi connectivity index (χ3n) is 3.09. The van der Waals surface area contributed by atoms with Gasteiger partial charge in [0.1, 0.15) is 5.75 Å². The van der Waals surface area contributed by atoms with Crippen molar-refractivity contribution in [3.8, 4) is 5.75 Å². The lowest BCUT2D eigenvalue weighted by Crippen LogP contribution is -1.98. The summed E-state index contributed by atoms with van der Waals surface area (Å²) >= 11 is 3.45. The molecule has 19 heavy (non-hydrogen) atoms. The van der Waals surface area contributed by atoms with Gasteiger partial charge in [-0.2, -0.15) is 0 Å². The van der Waals surface area contributed by atoms with Gasteiger partial charge in [0.05, 0.1) is 7.11 Å². The van der Waals surface area contributed by atoms with Crippen LogP contribution in [0.1, 0.15) is 5.56 Å². The molecule has 0 spiro atoms. The van der Waals surface area contributed by atoms with Crippen molar-refractivity contribution in [2.24, 2.45) is 0 Å². The van der Waals surface area contributed by atoms with Crippen molar-refractivity contribution in [3.63, 3.8) is 0 Å². The van der Waals surface area contributed by atoms with Crippen molar-refractivity contribution in [2.75, 3.05) is 7.11 Å². The maximum Gasteiger partial charge on any atom is 0.119 e. The first-order valence-corrected chi connectivity index (χ1v) is 6.78. The Hall–Kier alpha value is -1.81. The van der Waals surface area contributed by atoms with E-state index < -0.39 is 0 Å². The predicted molar refractivity (Wildman–Crippen MR) is 79.5 cm³/mol. The molecule has 0 saturated carbocycles. The molecule has 96 valence electrons. The fourth-order valence-corrected chi connectivity index (χ4v) is 2.59. The smallest absolute Gasteiger partial charge is 0.119 e. The quantitative estimate of drug-likeness (QED) is 0.733. The molecule has 2 heterocycles. The van der Waals surface area contributed by atoms with Crippen LogP contribution in [-0.4, -0.2) is 16.7 Å². The molecule has 0 N–H and O–H groups in total. The first-order valence-electron chi connectivity index (χ1n) is 5.98. The summed E-state index contributed by atoms with van der Waals surface area (Å²) in [6, 6.07) is 10.3. The van der Waals surface area contributed by atoms with Gasteiger partial charge in [-0.25, -0.2) is 0 Å². The van der Waals surface area contributed by atoms with E-state index in [9.17, 15) is 0 Å². The van der Waals surface area contributed by atoms with Crippen molar-refractivity contribution < 1.29 is 4.74 Å². The van der Waals surface area contributed by atoms with E-state index >= 15 is 0 Å². The Morgan fingerprint density at radius 3 is 2.89 bits per heavy atom. The summed E-state index contributed by atoms with van der Waals surface area (Å²) in [6.45, 7) is 0.808. The largest absolute Gasteiger partial charge is 0.497 e. The van der Waals surface area contributed by atoms with Gasteiger partial charge >= 0.3 is 0 Å². The van der Waals surface area contributed by atoms with E-state index in [1.54, 1.807) is 13.3 Å². The molecule has 0 aliphatic rings. The number of hydrogen-bond donors (Lipinski definition) is 0. The van der Waals surface area contributed by atoms with Crippen LogP contribution >= 0.6 is 15.9 Å². The summed E-state index contributed by atoms with van der Waals surface area (Å²) in [6.07, 6.45) is 5.77. The fraction of sp³-hybridized carbons (Fsp3) is 0.133. The van der Waals surface area contributed by atoms with Crippen molar-refractivity contribution >= 4 is 26.8 Å². The third-order valence-corrected chi connectivity index (χ3v) is 3.53. The van der Waals surface area contributed by atoms with Crippen LogP contribution in [0.5, 0.6) is 5.75 Å². The molecule has 3 aromatic rings. The van der Waals surface area contributed by atoms with Gasteiger partial charge in [0.15, 0.2) is 0 Å². The van der Waals surface area contributed by atoms with Crippen LogP contribution < -0.4 is 4.74 Å². The average molecular weight is 317 g/mol. The second-order valence-electron chi connectivity index (χ2n) is 4.38. The molecule has 0 bridgehead atoms. The molecule has 0 atom stereocenters. The monoisotopic (exact) mass is 316 g/mol. The minimum atomic E-state index is 0.808. The molecule has 2 aromatic heterocycles. The third kappa shape index (κ3) is 2.49. The Balaban J connectivity index is 1.97. The Kier molecular flexibility index (Phi) is 3.25. The van der Waals surface area contributed by atoms with Crippen LogP contribution in [0.25, 0.3) is 10.9 Å². The number of benzene rings is 1. The number of nitrogens with zero attached hydrogens (tertiary/aromatic N) is 2. The van der Waals surface area contributed by atoms with Crippen molar-refractivity contribution in [2.45, 2.75) is 6.54 Å². The minimum Gasteiger partial charge on any atom is -0.497 e. The summed E-state index contributed by atoms with van der Waals surface area (Å²) in [5.74, 6) is 0.884. The van der Waals surface area contributed by atoms with Crippen LogP contribution in [-0.2, 0) is 6.54 Å². The molecule has 1 aromatic carbocycles. The highest BCUT2D eigenvalue weighted by Crippen LogP contribution is 2.22. The Morgan fingerprint density at radius 2 is 2.11 bits per heavy atom.